The topological polar surface area (TPSA) is 75.4 Å². The zero-order chi connectivity index (χ0) is 15.2. The first kappa shape index (κ1) is 15.5. The summed E-state index contributed by atoms with van der Waals surface area (Å²) in [4.78, 5) is 26.0. The summed E-state index contributed by atoms with van der Waals surface area (Å²) < 4.78 is 0. The van der Waals surface area contributed by atoms with Crippen LogP contribution in [0.25, 0.3) is 0 Å². The maximum absolute atomic E-state index is 12.3. The normalized spacial score (nSPS) is 17.3. The van der Waals surface area contributed by atoms with Crippen molar-refractivity contribution in [3.05, 3.63) is 35.9 Å². The standard InChI is InChI=1S/C16H23N3O2/c1-12(11-17)15(20)18-14-7-9-19(10-8-14)16(21)13-5-3-2-4-6-13/h2-6,12,14H,7-11,17H2,1H3,(H,18,20). The molecule has 1 aliphatic rings. The van der Waals surface area contributed by atoms with Gasteiger partial charge in [-0.1, -0.05) is 25.1 Å². The van der Waals surface area contributed by atoms with Crippen molar-refractivity contribution >= 4 is 11.8 Å². The monoisotopic (exact) mass is 289 g/mol. The quantitative estimate of drug-likeness (QED) is 0.868. The van der Waals surface area contributed by atoms with E-state index in [1.807, 2.05) is 42.2 Å². The lowest BCUT2D eigenvalue weighted by Crippen LogP contribution is -2.48. The molecule has 114 valence electrons. The van der Waals surface area contributed by atoms with Crippen LogP contribution in [-0.2, 0) is 4.79 Å². The van der Waals surface area contributed by atoms with E-state index in [-0.39, 0.29) is 23.8 Å². The maximum Gasteiger partial charge on any atom is 0.253 e. The molecule has 1 fully saturated rings. The van der Waals surface area contributed by atoms with E-state index in [4.69, 9.17) is 5.73 Å². The van der Waals surface area contributed by atoms with E-state index in [2.05, 4.69) is 5.32 Å². The Morgan fingerprint density at radius 3 is 2.48 bits per heavy atom. The van der Waals surface area contributed by atoms with Gasteiger partial charge in [0.2, 0.25) is 5.91 Å². The van der Waals surface area contributed by atoms with Gasteiger partial charge in [-0.05, 0) is 25.0 Å². The summed E-state index contributed by atoms with van der Waals surface area (Å²) in [5.74, 6) is -0.0879. The summed E-state index contributed by atoms with van der Waals surface area (Å²) in [7, 11) is 0. The lowest BCUT2D eigenvalue weighted by molar-refractivity contribution is -0.125. The molecule has 2 amide bonds. The van der Waals surface area contributed by atoms with Gasteiger partial charge in [-0.15, -0.1) is 0 Å². The number of carbonyl (C=O) groups excluding carboxylic acids is 2. The van der Waals surface area contributed by atoms with Crippen molar-refractivity contribution in [3.8, 4) is 0 Å². The van der Waals surface area contributed by atoms with Gasteiger partial charge in [-0.25, -0.2) is 0 Å². The number of benzene rings is 1. The summed E-state index contributed by atoms with van der Waals surface area (Å²) in [5, 5.41) is 3.01. The highest BCUT2D eigenvalue weighted by Gasteiger charge is 2.25. The van der Waals surface area contributed by atoms with Crippen LogP contribution in [0.15, 0.2) is 30.3 Å². The number of carbonyl (C=O) groups is 2. The largest absolute Gasteiger partial charge is 0.353 e. The SMILES string of the molecule is CC(CN)C(=O)NC1CCN(C(=O)c2ccccc2)CC1. The van der Waals surface area contributed by atoms with E-state index in [1.54, 1.807) is 0 Å². The number of nitrogens with one attached hydrogen (secondary N) is 1. The molecule has 1 unspecified atom stereocenters. The molecule has 5 heteroatoms. The summed E-state index contributed by atoms with van der Waals surface area (Å²) in [6.07, 6.45) is 1.59. The Kier molecular flexibility index (Phi) is 5.33. The zero-order valence-electron chi connectivity index (χ0n) is 12.4. The Labute approximate surface area is 125 Å². The highest BCUT2D eigenvalue weighted by Crippen LogP contribution is 2.14. The van der Waals surface area contributed by atoms with E-state index < -0.39 is 0 Å². The molecule has 21 heavy (non-hydrogen) atoms. The second-order valence-electron chi connectivity index (χ2n) is 5.58. The number of nitrogens with zero attached hydrogens (tertiary/aromatic N) is 1. The Balaban J connectivity index is 1.83. The van der Waals surface area contributed by atoms with Crippen LogP contribution < -0.4 is 11.1 Å². The van der Waals surface area contributed by atoms with Gasteiger partial charge in [-0.3, -0.25) is 9.59 Å². The van der Waals surface area contributed by atoms with Gasteiger partial charge >= 0.3 is 0 Å². The second kappa shape index (κ2) is 7.22. The Morgan fingerprint density at radius 2 is 1.90 bits per heavy atom. The third-order valence-electron chi connectivity index (χ3n) is 3.95. The average molecular weight is 289 g/mol. The lowest BCUT2D eigenvalue weighted by atomic mass is 10.0. The van der Waals surface area contributed by atoms with Crippen molar-refractivity contribution in [3.63, 3.8) is 0 Å². The fourth-order valence-corrected chi connectivity index (χ4v) is 2.44. The molecule has 1 aromatic carbocycles. The molecule has 5 nitrogen and oxygen atoms in total. The van der Waals surface area contributed by atoms with Gasteiger partial charge in [0, 0.05) is 37.2 Å². The fourth-order valence-electron chi connectivity index (χ4n) is 2.44. The van der Waals surface area contributed by atoms with Crippen LogP contribution >= 0.6 is 0 Å². The molecule has 3 N–H and O–H groups in total. The van der Waals surface area contributed by atoms with E-state index in [1.165, 1.54) is 0 Å². The van der Waals surface area contributed by atoms with E-state index >= 15 is 0 Å². The molecule has 1 aliphatic heterocycles. The van der Waals surface area contributed by atoms with Gasteiger partial charge in [0.25, 0.3) is 5.91 Å². The number of likely N-dealkylation sites (tertiary alicyclic amines) is 1. The molecular weight excluding hydrogens is 266 g/mol. The second-order valence-corrected chi connectivity index (χ2v) is 5.58. The molecule has 0 bridgehead atoms. The number of piperidine rings is 1. The van der Waals surface area contributed by atoms with E-state index in [0.29, 0.717) is 19.6 Å². The summed E-state index contributed by atoms with van der Waals surface area (Å²) in [6.45, 7) is 3.53. The third kappa shape index (κ3) is 4.04. The number of nitrogens with two attached hydrogens (primary N) is 1. The molecule has 1 aromatic rings. The van der Waals surface area contributed by atoms with Crippen LogP contribution in [0.2, 0.25) is 0 Å². The molecule has 0 saturated carbocycles. The molecule has 2 rings (SSSR count). The molecule has 0 aromatic heterocycles. The van der Waals surface area contributed by atoms with Gasteiger partial charge < -0.3 is 16.0 Å². The Bertz CT molecular complexity index is 482. The van der Waals surface area contributed by atoms with Gasteiger partial charge in [0.1, 0.15) is 0 Å². The fraction of sp³-hybridized carbons (Fsp3) is 0.500. The first-order valence-corrected chi connectivity index (χ1v) is 7.46. The van der Waals surface area contributed by atoms with Crippen molar-refractivity contribution in [1.29, 1.82) is 0 Å². The zero-order valence-corrected chi connectivity index (χ0v) is 12.4. The minimum Gasteiger partial charge on any atom is -0.353 e. The van der Waals surface area contributed by atoms with Gasteiger partial charge in [-0.2, -0.15) is 0 Å². The Morgan fingerprint density at radius 1 is 1.29 bits per heavy atom. The van der Waals surface area contributed by atoms with Crippen molar-refractivity contribution in [2.75, 3.05) is 19.6 Å². The molecule has 0 radical (unpaired) electrons. The number of hydrogen-bond donors (Lipinski definition) is 2. The summed E-state index contributed by atoms with van der Waals surface area (Å²) >= 11 is 0. The van der Waals surface area contributed by atoms with Crippen LogP contribution in [0.4, 0.5) is 0 Å². The highest BCUT2D eigenvalue weighted by atomic mass is 16.2. The maximum atomic E-state index is 12.3. The smallest absolute Gasteiger partial charge is 0.253 e. The minimum atomic E-state index is -0.158. The van der Waals surface area contributed by atoms with Gasteiger partial charge in [0.05, 0.1) is 0 Å². The Hall–Kier alpha value is -1.88. The molecule has 0 spiro atoms. The lowest BCUT2D eigenvalue weighted by Gasteiger charge is -2.33. The first-order valence-electron chi connectivity index (χ1n) is 7.46. The van der Waals surface area contributed by atoms with Crippen LogP contribution in [0.3, 0.4) is 0 Å². The first-order chi connectivity index (χ1) is 10.1. The van der Waals surface area contributed by atoms with Crippen molar-refractivity contribution in [2.24, 2.45) is 11.7 Å². The predicted molar refractivity (Wildman–Crippen MR) is 81.7 cm³/mol. The molecule has 1 atom stereocenters. The molecule has 0 aliphatic carbocycles. The summed E-state index contributed by atoms with van der Waals surface area (Å²) in [6, 6.07) is 9.45. The number of hydrogen-bond acceptors (Lipinski definition) is 3. The van der Waals surface area contributed by atoms with Crippen LogP contribution in [-0.4, -0.2) is 42.4 Å². The van der Waals surface area contributed by atoms with Crippen LogP contribution in [0.5, 0.6) is 0 Å². The number of amides is 2. The average Bonchev–Trinajstić information content (AvgIpc) is 2.55. The third-order valence-corrected chi connectivity index (χ3v) is 3.95. The predicted octanol–water partition coefficient (Wildman–Crippen LogP) is 1.00. The van der Waals surface area contributed by atoms with Crippen molar-refractivity contribution < 1.29 is 9.59 Å². The molecule has 1 heterocycles. The van der Waals surface area contributed by atoms with E-state index in [9.17, 15) is 9.59 Å². The summed E-state index contributed by atoms with van der Waals surface area (Å²) in [5.41, 5.74) is 6.21. The van der Waals surface area contributed by atoms with Crippen molar-refractivity contribution in [1.82, 2.24) is 10.2 Å². The minimum absolute atomic E-state index is 0.00494. The van der Waals surface area contributed by atoms with Crippen LogP contribution in [0, 0.1) is 5.92 Å². The van der Waals surface area contributed by atoms with E-state index in [0.717, 1.165) is 18.4 Å². The van der Waals surface area contributed by atoms with Crippen molar-refractivity contribution in [2.45, 2.75) is 25.8 Å². The molecule has 1 saturated heterocycles. The highest BCUT2D eigenvalue weighted by molar-refractivity contribution is 5.94. The van der Waals surface area contributed by atoms with Crippen LogP contribution in [0.1, 0.15) is 30.1 Å². The molecular formula is C16H23N3O2. The van der Waals surface area contributed by atoms with Gasteiger partial charge in [0.15, 0.2) is 0 Å². The number of rotatable bonds is 4.